The number of rotatable bonds is 8. The maximum Gasteiger partial charge on any atom is 0.339 e. The molecule has 116 valence electrons. The Morgan fingerprint density at radius 1 is 1.29 bits per heavy atom. The van der Waals surface area contributed by atoms with Gasteiger partial charge in [0.05, 0.1) is 17.1 Å². The van der Waals surface area contributed by atoms with Crippen LogP contribution in [0, 0.1) is 0 Å². The van der Waals surface area contributed by atoms with Crippen molar-refractivity contribution in [1.82, 2.24) is 4.72 Å². The predicted molar refractivity (Wildman–Crippen MR) is 74.5 cm³/mol. The van der Waals surface area contributed by atoms with E-state index in [2.05, 4.69) is 4.72 Å². The number of aliphatic carboxylic acids is 1. The van der Waals surface area contributed by atoms with Gasteiger partial charge in [-0.15, -0.1) is 0 Å². The van der Waals surface area contributed by atoms with Gasteiger partial charge in [-0.1, -0.05) is 12.1 Å². The van der Waals surface area contributed by atoms with Gasteiger partial charge in [-0.2, -0.15) is 0 Å². The number of carboxylic acid groups (broad SMARTS) is 1. The Bertz CT molecular complexity index is 611. The Morgan fingerprint density at radius 2 is 1.95 bits per heavy atom. The van der Waals surface area contributed by atoms with Crippen molar-refractivity contribution < 1.29 is 27.9 Å². The lowest BCUT2D eigenvalue weighted by Gasteiger charge is -2.10. The zero-order valence-electron chi connectivity index (χ0n) is 11.5. The number of sulfonamides is 1. The predicted octanol–water partition coefficient (Wildman–Crippen LogP) is 1.01. The Morgan fingerprint density at radius 3 is 2.57 bits per heavy atom. The average molecular weight is 315 g/mol. The van der Waals surface area contributed by atoms with E-state index in [-0.39, 0.29) is 36.5 Å². The Kier molecular flexibility index (Phi) is 6.32. The Hall–Kier alpha value is -1.93. The first kappa shape index (κ1) is 17.1. The van der Waals surface area contributed by atoms with Gasteiger partial charge in [-0.05, 0) is 25.5 Å². The number of benzene rings is 1. The van der Waals surface area contributed by atoms with Crippen LogP contribution in [-0.4, -0.2) is 38.6 Å². The summed E-state index contributed by atoms with van der Waals surface area (Å²) in [6.07, 6.45) is 0.0260. The summed E-state index contributed by atoms with van der Waals surface area (Å²) in [6, 6.07) is 5.69. The smallest absolute Gasteiger partial charge is 0.339 e. The van der Waals surface area contributed by atoms with Crippen LogP contribution >= 0.6 is 0 Å². The summed E-state index contributed by atoms with van der Waals surface area (Å²) in [5, 5.41) is 8.50. The number of carbonyl (C=O) groups is 2. The van der Waals surface area contributed by atoms with Crippen molar-refractivity contribution in [1.29, 1.82) is 0 Å². The molecule has 0 amide bonds. The summed E-state index contributed by atoms with van der Waals surface area (Å²) in [5.41, 5.74) is -0.0508. The highest BCUT2D eigenvalue weighted by Crippen LogP contribution is 2.16. The van der Waals surface area contributed by atoms with E-state index in [1.807, 2.05) is 0 Å². The van der Waals surface area contributed by atoms with E-state index >= 15 is 0 Å². The summed E-state index contributed by atoms with van der Waals surface area (Å²) in [7, 11) is -3.90. The third-order valence-electron chi connectivity index (χ3n) is 2.53. The van der Waals surface area contributed by atoms with Crippen molar-refractivity contribution in [3.8, 4) is 0 Å². The number of hydrogen-bond acceptors (Lipinski definition) is 5. The number of carbonyl (C=O) groups excluding carboxylic acids is 1. The Labute approximate surface area is 123 Å². The highest BCUT2D eigenvalue weighted by molar-refractivity contribution is 7.89. The number of hydrogen-bond donors (Lipinski definition) is 2. The molecule has 0 radical (unpaired) electrons. The molecule has 0 heterocycles. The summed E-state index contributed by atoms with van der Waals surface area (Å²) in [4.78, 5) is 21.9. The standard InChI is InChI=1S/C13H17NO6S/c1-2-20-13(17)10-6-3-4-7-11(10)21(18,19)14-9-5-8-12(15)16/h3-4,6-7,14H,2,5,8-9H2,1H3,(H,15,16). The third-order valence-corrected chi connectivity index (χ3v) is 4.05. The van der Waals surface area contributed by atoms with Crippen LogP contribution in [0.2, 0.25) is 0 Å². The fourth-order valence-corrected chi connectivity index (χ4v) is 2.87. The zero-order chi connectivity index (χ0) is 15.9. The first-order chi connectivity index (χ1) is 9.88. The molecule has 0 aliphatic heterocycles. The molecule has 0 fully saturated rings. The van der Waals surface area contributed by atoms with E-state index in [0.29, 0.717) is 0 Å². The minimum atomic E-state index is -3.90. The van der Waals surface area contributed by atoms with Crippen molar-refractivity contribution in [2.24, 2.45) is 0 Å². The summed E-state index contributed by atoms with van der Waals surface area (Å²) in [5.74, 6) is -1.72. The van der Waals surface area contributed by atoms with Gasteiger partial charge in [0, 0.05) is 13.0 Å². The maximum atomic E-state index is 12.1. The molecule has 21 heavy (non-hydrogen) atoms. The molecular weight excluding hydrogens is 298 g/mol. The monoisotopic (exact) mass is 315 g/mol. The molecule has 0 aromatic heterocycles. The van der Waals surface area contributed by atoms with E-state index in [0.717, 1.165) is 0 Å². The number of nitrogens with one attached hydrogen (secondary N) is 1. The largest absolute Gasteiger partial charge is 0.481 e. The molecule has 1 rings (SSSR count). The lowest BCUT2D eigenvalue weighted by atomic mass is 10.2. The van der Waals surface area contributed by atoms with Gasteiger partial charge in [0.15, 0.2) is 0 Å². The van der Waals surface area contributed by atoms with Crippen LogP contribution in [0.1, 0.15) is 30.1 Å². The van der Waals surface area contributed by atoms with Crippen LogP contribution in [0.5, 0.6) is 0 Å². The summed E-state index contributed by atoms with van der Waals surface area (Å²) < 4.78 is 31.4. The van der Waals surface area contributed by atoms with Crippen molar-refractivity contribution in [2.75, 3.05) is 13.2 Å². The third kappa shape index (κ3) is 5.16. The second kappa shape index (κ2) is 7.75. The van der Waals surface area contributed by atoms with Gasteiger partial charge < -0.3 is 9.84 Å². The molecule has 1 aromatic rings. The minimum Gasteiger partial charge on any atom is -0.481 e. The normalized spacial score (nSPS) is 11.1. The first-order valence-corrected chi connectivity index (χ1v) is 7.84. The molecule has 0 unspecified atom stereocenters. The van der Waals surface area contributed by atoms with E-state index in [1.165, 1.54) is 24.3 Å². The average Bonchev–Trinajstić information content (AvgIpc) is 2.44. The molecule has 0 saturated carbocycles. The molecule has 2 N–H and O–H groups in total. The molecule has 0 saturated heterocycles. The van der Waals surface area contributed by atoms with Crippen LogP contribution < -0.4 is 4.72 Å². The molecule has 0 atom stereocenters. The van der Waals surface area contributed by atoms with E-state index in [1.54, 1.807) is 6.92 Å². The van der Waals surface area contributed by atoms with Crippen molar-refractivity contribution in [2.45, 2.75) is 24.7 Å². The zero-order valence-corrected chi connectivity index (χ0v) is 12.4. The van der Waals surface area contributed by atoms with Gasteiger partial charge >= 0.3 is 11.9 Å². The van der Waals surface area contributed by atoms with Gasteiger partial charge in [0.1, 0.15) is 0 Å². The fourth-order valence-electron chi connectivity index (χ4n) is 1.60. The van der Waals surface area contributed by atoms with Gasteiger partial charge in [0.2, 0.25) is 10.0 Å². The molecule has 0 bridgehead atoms. The van der Waals surface area contributed by atoms with E-state index in [9.17, 15) is 18.0 Å². The molecule has 8 heteroatoms. The number of esters is 1. The van der Waals surface area contributed by atoms with Crippen molar-refractivity contribution in [3.63, 3.8) is 0 Å². The van der Waals surface area contributed by atoms with Crippen molar-refractivity contribution >= 4 is 22.0 Å². The first-order valence-electron chi connectivity index (χ1n) is 6.36. The number of ether oxygens (including phenoxy) is 1. The highest BCUT2D eigenvalue weighted by atomic mass is 32.2. The van der Waals surface area contributed by atoms with Gasteiger partial charge in [-0.3, -0.25) is 4.79 Å². The minimum absolute atomic E-state index is 0.0220. The molecule has 0 aliphatic carbocycles. The summed E-state index contributed by atoms with van der Waals surface area (Å²) in [6.45, 7) is 1.74. The summed E-state index contributed by atoms with van der Waals surface area (Å²) >= 11 is 0. The van der Waals surface area contributed by atoms with Gasteiger partial charge in [0.25, 0.3) is 0 Å². The van der Waals surface area contributed by atoms with E-state index in [4.69, 9.17) is 9.84 Å². The lowest BCUT2D eigenvalue weighted by molar-refractivity contribution is -0.137. The quantitative estimate of drug-likeness (QED) is 0.547. The maximum absolute atomic E-state index is 12.1. The molecule has 0 spiro atoms. The second-order valence-electron chi connectivity index (χ2n) is 4.11. The number of carboxylic acids is 1. The van der Waals surface area contributed by atoms with Crippen LogP contribution in [0.25, 0.3) is 0 Å². The van der Waals surface area contributed by atoms with Crippen LogP contribution in [-0.2, 0) is 19.6 Å². The SMILES string of the molecule is CCOC(=O)c1ccccc1S(=O)(=O)NCCCC(=O)O. The lowest BCUT2D eigenvalue weighted by Crippen LogP contribution is -2.27. The van der Waals surface area contributed by atoms with E-state index < -0.39 is 22.0 Å². The Balaban J connectivity index is 2.88. The topological polar surface area (TPSA) is 110 Å². The van der Waals surface area contributed by atoms with Crippen LogP contribution in [0.4, 0.5) is 0 Å². The highest BCUT2D eigenvalue weighted by Gasteiger charge is 2.22. The fraction of sp³-hybridized carbons (Fsp3) is 0.385. The molecular formula is C13H17NO6S. The second-order valence-corrected chi connectivity index (χ2v) is 5.85. The van der Waals surface area contributed by atoms with Gasteiger partial charge in [-0.25, -0.2) is 17.9 Å². The van der Waals surface area contributed by atoms with Crippen LogP contribution in [0.3, 0.4) is 0 Å². The van der Waals surface area contributed by atoms with Crippen molar-refractivity contribution in [3.05, 3.63) is 29.8 Å². The van der Waals surface area contributed by atoms with Crippen LogP contribution in [0.15, 0.2) is 29.2 Å². The molecule has 1 aromatic carbocycles. The molecule has 0 aliphatic rings. The molecule has 7 nitrogen and oxygen atoms in total.